The lowest BCUT2D eigenvalue weighted by atomic mass is 9.86. The Kier molecular flexibility index (Phi) is 11.6. The van der Waals surface area contributed by atoms with Crippen LogP contribution in [0.25, 0.3) is 16.7 Å². The number of hydrogen-bond acceptors (Lipinski definition) is 0. The van der Waals surface area contributed by atoms with E-state index in [9.17, 15) is 0 Å². The predicted molar refractivity (Wildman–Crippen MR) is 278 cm³/mol. The van der Waals surface area contributed by atoms with Gasteiger partial charge in [0.15, 0.2) is 0 Å². The average Bonchev–Trinajstić information content (AvgIpc) is 2.73. The lowest BCUT2D eigenvalue weighted by molar-refractivity contribution is 1.35. The molecule has 3 aliphatic carbocycles. The summed E-state index contributed by atoms with van der Waals surface area (Å²) in [7, 11) is -14.7. The van der Waals surface area contributed by atoms with E-state index in [-0.39, 0.29) is 0 Å². The van der Waals surface area contributed by atoms with Crippen molar-refractivity contribution in [1.82, 2.24) is 0 Å². The predicted octanol–water partition coefficient (Wildman–Crippen LogP) is 15.8. The molecule has 300 valence electrons. The second-order valence-electron chi connectivity index (χ2n) is 26.5. The molecule has 0 spiro atoms. The van der Waals surface area contributed by atoms with Crippen molar-refractivity contribution in [2.75, 3.05) is 0 Å². The third-order valence-electron chi connectivity index (χ3n) is 11.5. The Morgan fingerprint density at radius 3 is 0.426 bits per heavy atom. The fourth-order valence-corrected chi connectivity index (χ4v) is 40.9. The van der Waals surface area contributed by atoms with E-state index in [1.807, 2.05) is 46.8 Å². The van der Waals surface area contributed by atoms with Gasteiger partial charge in [-0.1, -0.05) is 224 Å². The van der Waals surface area contributed by atoms with Gasteiger partial charge in [-0.3, -0.25) is 0 Å². The van der Waals surface area contributed by atoms with E-state index in [1.54, 1.807) is 33.4 Å². The topological polar surface area (TPSA) is 0 Å². The van der Waals surface area contributed by atoms with Crippen LogP contribution in [-0.2, 0) is 0 Å². The van der Waals surface area contributed by atoms with Gasteiger partial charge in [-0.15, -0.1) is 0 Å². The Labute approximate surface area is 345 Å². The van der Waals surface area contributed by atoms with Gasteiger partial charge in [0, 0.05) is 0 Å². The average molecular weight is 878 g/mol. The summed E-state index contributed by atoms with van der Waals surface area (Å²) in [5.74, 6) is 0. The Balaban J connectivity index is 2.32. The minimum Gasteiger partial charge on any atom is -0.0656 e. The summed E-state index contributed by atoms with van der Waals surface area (Å²) in [5, 5.41) is 16.6. The molecule has 0 heterocycles. The summed E-state index contributed by atoms with van der Waals surface area (Å²) in [6.07, 6.45) is 0. The van der Waals surface area contributed by atoms with Crippen LogP contribution in [-0.4, -0.2) is 72.7 Å². The second-order valence-corrected chi connectivity index (χ2v) is 71.5. The maximum absolute atomic E-state index is 2.77. The van der Waals surface area contributed by atoms with Crippen molar-refractivity contribution >= 4 is 89.4 Å². The zero-order valence-corrected chi connectivity index (χ0v) is 49.7. The maximum atomic E-state index is 2.77. The minimum absolute atomic E-state index is 1.57. The molecule has 0 saturated heterocycles. The fourth-order valence-electron chi connectivity index (χ4n) is 9.99. The van der Waals surface area contributed by atoms with Crippen LogP contribution in [0.4, 0.5) is 0 Å². The number of allylic oxidation sites excluding steroid dienone is 12. The van der Waals surface area contributed by atoms with Crippen LogP contribution in [0.5, 0.6) is 0 Å². The van der Waals surface area contributed by atoms with Crippen LogP contribution in [0.3, 0.4) is 0 Å². The van der Waals surface area contributed by atoms with Crippen LogP contribution in [0, 0.1) is 0 Å². The Morgan fingerprint density at radius 2 is 0.315 bits per heavy atom. The van der Waals surface area contributed by atoms with Gasteiger partial charge in [-0.25, -0.2) is 0 Å². The second kappa shape index (κ2) is 13.6. The van der Waals surface area contributed by atoms with Crippen molar-refractivity contribution in [2.24, 2.45) is 0 Å². The molecule has 4 rings (SSSR count). The fraction of sp³-hybridized carbons (Fsp3) is 0.600. The summed E-state index contributed by atoms with van der Waals surface area (Å²) in [6.45, 7) is 71.2. The number of hydrogen-bond donors (Lipinski definition) is 0. The zero-order chi connectivity index (χ0) is 42.3. The largest absolute Gasteiger partial charge is 0.0782 e. The van der Waals surface area contributed by atoms with Gasteiger partial charge in [-0.2, -0.15) is 0 Å². The van der Waals surface area contributed by atoms with Crippen molar-refractivity contribution in [3.8, 4) is 0 Å². The van der Waals surface area contributed by atoms with Gasteiger partial charge < -0.3 is 0 Å². The lowest BCUT2D eigenvalue weighted by Crippen LogP contribution is -2.47. The van der Waals surface area contributed by atoms with Crippen LogP contribution in [0.1, 0.15) is 16.7 Å². The Morgan fingerprint density at radius 1 is 0.185 bits per heavy atom. The molecule has 0 atom stereocenters. The number of benzene rings is 1. The van der Waals surface area contributed by atoms with E-state index in [0.717, 1.165) is 0 Å². The van der Waals surface area contributed by atoms with Gasteiger partial charge in [0.2, 0.25) is 0 Å². The first-order valence-corrected chi connectivity index (χ1v) is 52.7. The van der Waals surface area contributed by atoms with Crippen molar-refractivity contribution in [3.63, 3.8) is 0 Å². The van der Waals surface area contributed by atoms with Crippen LogP contribution >= 0.6 is 0 Å². The van der Waals surface area contributed by atoms with Gasteiger partial charge in [0.05, 0.1) is 72.7 Å². The molecule has 0 aromatic heterocycles. The zero-order valence-electron chi connectivity index (χ0n) is 40.7. The number of rotatable bonds is 12. The first-order chi connectivity index (χ1) is 23.5. The highest BCUT2D eigenvalue weighted by Crippen LogP contribution is 2.58. The third kappa shape index (κ3) is 8.38. The SMILES string of the molecule is C[Si](C)(C)C1=C(c2cc(C3=C([Si](C)(C)C)C([Si](C)(C)C)=C3[Si](C)(C)C)cc(C3=C([Si](C)(C)C)C([Si](C)(C)C)=C3[Si](C)(C)C)c2)C([Si](C)(C)C)=C1[Si](C)(C)C. The van der Waals surface area contributed by atoms with E-state index in [1.165, 1.54) is 0 Å². The molecule has 1 aromatic carbocycles. The first kappa shape index (κ1) is 46.3. The molecule has 0 aliphatic heterocycles. The molecular weight excluding hydrogens is 793 g/mol. The normalized spacial score (nSPS) is 18.9. The summed E-state index contributed by atoms with van der Waals surface area (Å²) < 4.78 is 0. The molecule has 0 bridgehead atoms. The molecule has 9 heteroatoms. The van der Waals surface area contributed by atoms with Crippen molar-refractivity contribution in [3.05, 3.63) is 81.7 Å². The monoisotopic (exact) mass is 876 g/mol. The Bertz CT molecular complexity index is 1720. The van der Waals surface area contributed by atoms with E-state index >= 15 is 0 Å². The third-order valence-corrected chi connectivity index (χ3v) is 31.0. The highest BCUT2D eigenvalue weighted by Gasteiger charge is 2.50. The summed E-state index contributed by atoms with van der Waals surface area (Å²) in [4.78, 5) is 0. The molecule has 0 N–H and O–H groups in total. The van der Waals surface area contributed by atoms with Crippen LogP contribution in [0.2, 0.25) is 177 Å². The standard InChI is InChI=1S/C45H84Si9/c1-46(2,3)37-34(38(47(4,5)6)43(37)52(19,20)21)31-28-32(35-39(48(7,8)9)44(53(22,23)24)40(35)49(10,11)12)30-33(29-31)36-41(50(13,14)15)45(54(25,26)27)42(36)51(16,17)18/h28-30H,1-27H3. The van der Waals surface area contributed by atoms with Gasteiger partial charge in [0.25, 0.3) is 0 Å². The molecule has 0 unspecified atom stereocenters. The maximum Gasteiger partial charge on any atom is 0.0782 e. The molecule has 54 heavy (non-hydrogen) atoms. The van der Waals surface area contributed by atoms with E-state index in [2.05, 4.69) is 195 Å². The highest BCUT2D eigenvalue weighted by atomic mass is 28.3. The molecule has 0 amide bonds. The Hall–Kier alpha value is -0.388. The minimum atomic E-state index is -1.66. The molecule has 0 saturated carbocycles. The van der Waals surface area contributed by atoms with Crippen molar-refractivity contribution in [1.29, 1.82) is 0 Å². The van der Waals surface area contributed by atoms with Crippen molar-refractivity contribution in [2.45, 2.75) is 177 Å². The van der Waals surface area contributed by atoms with E-state index in [0.29, 0.717) is 0 Å². The quantitative estimate of drug-likeness (QED) is 0.184. The smallest absolute Gasteiger partial charge is 0.0656 e. The van der Waals surface area contributed by atoms with E-state index in [4.69, 9.17) is 0 Å². The summed E-state index contributed by atoms with van der Waals surface area (Å²) in [5.41, 5.74) is 9.84. The molecular formula is C45H84Si9. The molecule has 0 fully saturated rings. The highest BCUT2D eigenvalue weighted by molar-refractivity contribution is 7.01. The summed E-state index contributed by atoms with van der Waals surface area (Å²) >= 11 is 0. The summed E-state index contributed by atoms with van der Waals surface area (Å²) in [6, 6.07) is 8.30. The lowest BCUT2D eigenvalue weighted by Gasteiger charge is -2.49. The van der Waals surface area contributed by atoms with Gasteiger partial charge >= 0.3 is 0 Å². The van der Waals surface area contributed by atoms with Crippen LogP contribution in [0.15, 0.2) is 65.0 Å². The van der Waals surface area contributed by atoms with Crippen LogP contribution < -0.4 is 0 Å². The van der Waals surface area contributed by atoms with Gasteiger partial charge in [-0.05, 0) is 51.6 Å². The van der Waals surface area contributed by atoms with E-state index < -0.39 is 72.7 Å². The first-order valence-electron chi connectivity index (χ1n) is 21.2. The molecule has 3 aliphatic rings. The van der Waals surface area contributed by atoms with Gasteiger partial charge in [0.1, 0.15) is 0 Å². The molecule has 1 aromatic rings. The molecule has 0 nitrogen and oxygen atoms in total. The molecule has 0 radical (unpaired) electrons. The van der Waals surface area contributed by atoms with Crippen molar-refractivity contribution < 1.29 is 0 Å².